The van der Waals surface area contributed by atoms with Crippen LogP contribution in [0.2, 0.25) is 0 Å². The Balaban J connectivity index is 2.62. The van der Waals surface area contributed by atoms with Crippen molar-refractivity contribution in [1.82, 2.24) is 0 Å². The van der Waals surface area contributed by atoms with Gasteiger partial charge < -0.3 is 10.5 Å². The summed E-state index contributed by atoms with van der Waals surface area (Å²) >= 11 is 0. The molecule has 0 aromatic heterocycles. The Morgan fingerprint density at radius 2 is 1.89 bits per heavy atom. The average molecular weight is 272 g/mol. The number of rotatable bonds is 5. The molecule has 1 aromatic rings. The van der Waals surface area contributed by atoms with E-state index in [0.717, 1.165) is 6.92 Å². The Morgan fingerprint density at radius 3 is 2.37 bits per heavy atom. The number of ether oxygens (including phenoxy) is 1. The Hall–Kier alpha value is -1.58. The second-order valence-corrected chi connectivity index (χ2v) is 4.25. The summed E-state index contributed by atoms with van der Waals surface area (Å²) in [5.74, 6) is 0. The molecule has 6 heteroatoms. The molecule has 0 aliphatic rings. The predicted molar refractivity (Wildman–Crippen MR) is 64.0 cm³/mol. The van der Waals surface area contributed by atoms with E-state index in [4.69, 9.17) is 11.0 Å². The van der Waals surface area contributed by atoms with Crippen LogP contribution in [-0.4, -0.2) is 18.9 Å². The minimum absolute atomic E-state index is 0.00602. The number of hydrogen-bond donors (Lipinski definition) is 1. The largest absolute Gasteiger partial charge is 0.414 e. The van der Waals surface area contributed by atoms with Crippen molar-refractivity contribution in [2.24, 2.45) is 5.73 Å². The molecule has 0 radical (unpaired) electrons. The normalized spacial score (nSPS) is 16.4. The van der Waals surface area contributed by atoms with Crippen molar-refractivity contribution < 1.29 is 17.9 Å². The van der Waals surface area contributed by atoms with Crippen molar-refractivity contribution in [2.75, 3.05) is 6.61 Å². The highest BCUT2D eigenvalue weighted by Crippen LogP contribution is 2.25. The standard InChI is InChI=1S/C13H15F3N2O/c1-10(13(14,15)16)19-8-7-12(18,9-17)11-5-3-2-4-6-11/h2-6,10H,7-8,18H2,1H3. The molecule has 0 saturated carbocycles. The summed E-state index contributed by atoms with van der Waals surface area (Å²) < 4.78 is 41.4. The molecule has 3 nitrogen and oxygen atoms in total. The molecule has 0 saturated heterocycles. The Labute approximate surface area is 109 Å². The first-order valence-corrected chi connectivity index (χ1v) is 5.73. The maximum absolute atomic E-state index is 12.3. The van der Waals surface area contributed by atoms with Gasteiger partial charge in [0.25, 0.3) is 0 Å². The molecule has 2 N–H and O–H groups in total. The fourth-order valence-corrected chi connectivity index (χ4v) is 1.49. The predicted octanol–water partition coefficient (Wildman–Crippen LogP) is 2.72. The van der Waals surface area contributed by atoms with E-state index in [1.807, 2.05) is 6.07 Å². The number of alkyl halides is 3. The van der Waals surface area contributed by atoms with Crippen LogP contribution in [0.1, 0.15) is 18.9 Å². The van der Waals surface area contributed by atoms with Crippen LogP contribution < -0.4 is 5.73 Å². The van der Waals surface area contributed by atoms with Crippen molar-refractivity contribution in [3.63, 3.8) is 0 Å². The van der Waals surface area contributed by atoms with Crippen LogP contribution in [0.15, 0.2) is 30.3 Å². The van der Waals surface area contributed by atoms with E-state index < -0.39 is 17.8 Å². The number of benzene rings is 1. The fraction of sp³-hybridized carbons (Fsp3) is 0.462. The number of nitrogens with two attached hydrogens (primary N) is 1. The maximum Gasteiger partial charge on any atom is 0.414 e. The minimum atomic E-state index is -4.41. The van der Waals surface area contributed by atoms with Crippen LogP contribution in [0, 0.1) is 11.3 Å². The summed E-state index contributed by atoms with van der Waals surface area (Å²) in [7, 11) is 0. The van der Waals surface area contributed by atoms with Gasteiger partial charge in [0.2, 0.25) is 0 Å². The quantitative estimate of drug-likeness (QED) is 0.896. The summed E-state index contributed by atoms with van der Waals surface area (Å²) in [6.07, 6.45) is -6.28. The average Bonchev–Trinajstić information content (AvgIpc) is 2.38. The third-order valence-corrected chi connectivity index (χ3v) is 2.81. The topological polar surface area (TPSA) is 59.0 Å². The van der Waals surface area contributed by atoms with Gasteiger partial charge in [0, 0.05) is 6.42 Å². The van der Waals surface area contributed by atoms with Gasteiger partial charge in [0.05, 0.1) is 12.7 Å². The molecule has 0 fully saturated rings. The highest BCUT2D eigenvalue weighted by molar-refractivity contribution is 5.30. The molecule has 1 aromatic carbocycles. The zero-order valence-electron chi connectivity index (χ0n) is 10.4. The molecule has 0 bridgehead atoms. The van der Waals surface area contributed by atoms with E-state index in [-0.39, 0.29) is 13.0 Å². The van der Waals surface area contributed by atoms with Crippen LogP contribution in [0.25, 0.3) is 0 Å². The zero-order chi connectivity index (χ0) is 14.5. The number of nitriles is 1. The maximum atomic E-state index is 12.3. The van der Waals surface area contributed by atoms with E-state index in [0.29, 0.717) is 5.56 Å². The van der Waals surface area contributed by atoms with Gasteiger partial charge in [-0.3, -0.25) is 0 Å². The number of halogens is 3. The van der Waals surface area contributed by atoms with Crippen molar-refractivity contribution in [2.45, 2.75) is 31.2 Å². The van der Waals surface area contributed by atoms with E-state index >= 15 is 0 Å². The number of nitrogens with zero attached hydrogens (tertiary/aromatic N) is 1. The van der Waals surface area contributed by atoms with Crippen molar-refractivity contribution >= 4 is 0 Å². The summed E-state index contributed by atoms with van der Waals surface area (Å²) in [5.41, 5.74) is 5.11. The molecular weight excluding hydrogens is 257 g/mol. The molecule has 0 spiro atoms. The van der Waals surface area contributed by atoms with Gasteiger partial charge in [-0.15, -0.1) is 0 Å². The Morgan fingerprint density at radius 1 is 1.32 bits per heavy atom. The van der Waals surface area contributed by atoms with E-state index in [1.165, 1.54) is 0 Å². The van der Waals surface area contributed by atoms with Crippen LogP contribution >= 0.6 is 0 Å². The van der Waals surface area contributed by atoms with Crippen LogP contribution in [0.4, 0.5) is 13.2 Å². The molecule has 0 amide bonds. The van der Waals surface area contributed by atoms with Gasteiger partial charge in [-0.25, -0.2) is 0 Å². The van der Waals surface area contributed by atoms with Crippen molar-refractivity contribution in [3.8, 4) is 6.07 Å². The van der Waals surface area contributed by atoms with Gasteiger partial charge in [-0.1, -0.05) is 30.3 Å². The molecule has 0 aliphatic carbocycles. The van der Waals surface area contributed by atoms with Gasteiger partial charge in [-0.2, -0.15) is 18.4 Å². The summed E-state index contributed by atoms with van der Waals surface area (Å²) in [6.45, 7) is 0.687. The van der Waals surface area contributed by atoms with Crippen LogP contribution in [-0.2, 0) is 10.3 Å². The SMILES string of the molecule is CC(OCCC(N)(C#N)c1ccccc1)C(F)(F)F. The van der Waals surface area contributed by atoms with Gasteiger partial charge in [0.1, 0.15) is 5.54 Å². The van der Waals surface area contributed by atoms with Gasteiger partial charge >= 0.3 is 6.18 Å². The van der Waals surface area contributed by atoms with Crippen molar-refractivity contribution in [3.05, 3.63) is 35.9 Å². The first kappa shape index (κ1) is 15.5. The first-order chi connectivity index (χ1) is 8.79. The second-order valence-electron chi connectivity index (χ2n) is 4.25. The third kappa shape index (κ3) is 4.23. The molecule has 2 atom stereocenters. The molecule has 104 valence electrons. The monoisotopic (exact) mass is 272 g/mol. The smallest absolute Gasteiger partial charge is 0.369 e. The highest BCUT2D eigenvalue weighted by atomic mass is 19.4. The third-order valence-electron chi connectivity index (χ3n) is 2.81. The summed E-state index contributed by atoms with van der Waals surface area (Å²) in [6, 6.07) is 10.4. The lowest BCUT2D eigenvalue weighted by atomic mass is 9.89. The molecule has 1 rings (SSSR count). The van der Waals surface area contributed by atoms with E-state index in [2.05, 4.69) is 4.74 Å². The van der Waals surface area contributed by atoms with Crippen LogP contribution in [0.5, 0.6) is 0 Å². The Kier molecular flexibility index (Phi) is 4.92. The Bertz CT molecular complexity index is 441. The van der Waals surface area contributed by atoms with Crippen molar-refractivity contribution in [1.29, 1.82) is 5.26 Å². The van der Waals surface area contributed by atoms with Gasteiger partial charge in [0.15, 0.2) is 6.10 Å². The molecular formula is C13H15F3N2O. The van der Waals surface area contributed by atoms with Crippen LogP contribution in [0.3, 0.4) is 0 Å². The van der Waals surface area contributed by atoms with E-state index in [1.54, 1.807) is 30.3 Å². The van der Waals surface area contributed by atoms with Gasteiger partial charge in [-0.05, 0) is 12.5 Å². The fourth-order valence-electron chi connectivity index (χ4n) is 1.49. The summed E-state index contributed by atoms with van der Waals surface area (Å²) in [4.78, 5) is 0. The lowest BCUT2D eigenvalue weighted by molar-refractivity contribution is -0.214. The first-order valence-electron chi connectivity index (χ1n) is 5.73. The second kappa shape index (κ2) is 6.04. The minimum Gasteiger partial charge on any atom is -0.369 e. The lowest BCUT2D eigenvalue weighted by Crippen LogP contribution is -2.37. The molecule has 0 heterocycles. The highest BCUT2D eigenvalue weighted by Gasteiger charge is 2.37. The van der Waals surface area contributed by atoms with E-state index in [9.17, 15) is 13.2 Å². The summed E-state index contributed by atoms with van der Waals surface area (Å²) in [5, 5.41) is 9.11. The molecule has 0 aliphatic heterocycles. The molecule has 2 unspecified atom stereocenters. The zero-order valence-corrected chi connectivity index (χ0v) is 10.4. The number of hydrogen-bond acceptors (Lipinski definition) is 3. The lowest BCUT2D eigenvalue weighted by Gasteiger charge is -2.23. The molecule has 19 heavy (non-hydrogen) atoms.